The molecular formula is C24H31N3. The summed E-state index contributed by atoms with van der Waals surface area (Å²) in [5, 5.41) is 0. The molecule has 2 fully saturated rings. The van der Waals surface area contributed by atoms with E-state index in [0.717, 1.165) is 0 Å². The molecule has 142 valence electrons. The van der Waals surface area contributed by atoms with Gasteiger partial charge in [-0.2, -0.15) is 0 Å². The zero-order valence-corrected chi connectivity index (χ0v) is 16.2. The Balaban J connectivity index is 1.58. The van der Waals surface area contributed by atoms with E-state index in [0.29, 0.717) is 0 Å². The fraction of sp³-hybridized carbons (Fsp3) is 0.500. The third-order valence-corrected chi connectivity index (χ3v) is 7.36. The van der Waals surface area contributed by atoms with Gasteiger partial charge in [0.15, 0.2) is 0 Å². The highest BCUT2D eigenvalue weighted by Gasteiger charge is 2.41. The van der Waals surface area contributed by atoms with E-state index < -0.39 is 0 Å². The minimum atomic E-state index is 0.131. The van der Waals surface area contributed by atoms with Gasteiger partial charge in [0.25, 0.3) is 0 Å². The summed E-state index contributed by atoms with van der Waals surface area (Å²) in [5.74, 6) is 0. The number of rotatable bonds is 4. The van der Waals surface area contributed by atoms with Crippen molar-refractivity contribution in [3.05, 3.63) is 71.6 Å². The maximum atomic E-state index is 3.97. The van der Waals surface area contributed by atoms with Gasteiger partial charge in [0.1, 0.15) is 0 Å². The third kappa shape index (κ3) is 2.70. The van der Waals surface area contributed by atoms with Crippen LogP contribution in [0.1, 0.15) is 87.0 Å². The molecule has 3 heterocycles. The first-order valence-electron chi connectivity index (χ1n) is 10.8. The van der Waals surface area contributed by atoms with Crippen LogP contribution in [0.15, 0.2) is 48.8 Å². The fourth-order valence-electron chi connectivity index (χ4n) is 5.89. The van der Waals surface area contributed by atoms with Crippen LogP contribution in [0.25, 0.3) is 0 Å². The third-order valence-electron chi connectivity index (χ3n) is 7.36. The van der Waals surface area contributed by atoms with Gasteiger partial charge in [-0.25, -0.2) is 0 Å². The monoisotopic (exact) mass is 361 g/mol. The van der Waals surface area contributed by atoms with Crippen LogP contribution >= 0.6 is 0 Å². The van der Waals surface area contributed by atoms with Crippen molar-refractivity contribution in [3.8, 4) is 0 Å². The van der Waals surface area contributed by atoms with Crippen molar-refractivity contribution in [1.29, 1.82) is 0 Å². The van der Waals surface area contributed by atoms with Gasteiger partial charge in [0.2, 0.25) is 0 Å². The van der Waals surface area contributed by atoms with Crippen molar-refractivity contribution in [2.45, 2.75) is 75.0 Å². The first-order valence-corrected chi connectivity index (χ1v) is 10.8. The van der Waals surface area contributed by atoms with Crippen LogP contribution in [0.4, 0.5) is 0 Å². The predicted octanol–water partition coefficient (Wildman–Crippen LogP) is 6.17. The number of nitrogens with one attached hydrogen (secondary N) is 3. The molecule has 2 aliphatic rings. The summed E-state index contributed by atoms with van der Waals surface area (Å²) in [5.41, 5.74) is 5.85. The average molecular weight is 362 g/mol. The molecule has 3 nitrogen and oxygen atoms in total. The predicted molar refractivity (Wildman–Crippen MR) is 110 cm³/mol. The zero-order chi connectivity index (χ0) is 18.2. The topological polar surface area (TPSA) is 47.4 Å². The molecule has 0 aliphatic heterocycles. The Kier molecular flexibility index (Phi) is 4.26. The number of hydrogen-bond donors (Lipinski definition) is 3. The molecule has 0 bridgehead atoms. The van der Waals surface area contributed by atoms with Crippen LogP contribution in [0, 0.1) is 0 Å². The first kappa shape index (κ1) is 17.0. The average Bonchev–Trinajstić information content (AvgIpc) is 3.52. The van der Waals surface area contributed by atoms with E-state index in [1.165, 1.54) is 87.0 Å². The fourth-order valence-corrected chi connectivity index (χ4v) is 5.89. The minimum Gasteiger partial charge on any atom is -0.364 e. The summed E-state index contributed by atoms with van der Waals surface area (Å²) in [6.07, 6.45) is 17.1. The van der Waals surface area contributed by atoms with E-state index in [4.69, 9.17) is 0 Å². The van der Waals surface area contributed by atoms with Crippen LogP contribution in [-0.2, 0) is 10.8 Å². The molecule has 2 aliphatic carbocycles. The van der Waals surface area contributed by atoms with Gasteiger partial charge in [-0.3, -0.25) is 0 Å². The van der Waals surface area contributed by atoms with Crippen LogP contribution in [0.5, 0.6) is 0 Å². The van der Waals surface area contributed by atoms with Crippen LogP contribution in [0.2, 0.25) is 0 Å². The molecule has 3 N–H and O–H groups in total. The van der Waals surface area contributed by atoms with E-state index in [9.17, 15) is 0 Å². The maximum absolute atomic E-state index is 3.97. The minimum absolute atomic E-state index is 0.131. The van der Waals surface area contributed by atoms with E-state index >= 15 is 0 Å². The Hall–Kier alpha value is -2.16. The summed E-state index contributed by atoms with van der Waals surface area (Å²) in [6, 6.07) is 13.6. The summed E-state index contributed by atoms with van der Waals surface area (Å²) >= 11 is 0. The molecule has 0 saturated heterocycles. The Morgan fingerprint density at radius 3 is 1.33 bits per heavy atom. The summed E-state index contributed by atoms with van der Waals surface area (Å²) < 4.78 is 0. The van der Waals surface area contributed by atoms with Crippen LogP contribution in [-0.4, -0.2) is 15.0 Å². The summed E-state index contributed by atoms with van der Waals surface area (Å²) in [7, 11) is 0. The molecular weight excluding hydrogens is 330 g/mol. The number of hydrogen-bond acceptors (Lipinski definition) is 0. The Labute approximate surface area is 162 Å². The Bertz CT molecular complexity index is 771. The highest BCUT2D eigenvalue weighted by atomic mass is 14.8. The number of aromatic nitrogens is 3. The van der Waals surface area contributed by atoms with Crippen molar-refractivity contribution in [2.24, 2.45) is 0 Å². The van der Waals surface area contributed by atoms with Crippen molar-refractivity contribution in [1.82, 2.24) is 15.0 Å². The standard InChI is InChI=1S/C24H31N3/c1-3-13-23(14-4-1,19-9-7-17-25-19)21-11-12-22(27-21)24(15-5-2-6-16-24)20-10-8-18-26-20/h7-12,17-18,25-27H,1-6,13-16H2. The van der Waals surface area contributed by atoms with E-state index in [1.807, 2.05) is 0 Å². The lowest BCUT2D eigenvalue weighted by molar-refractivity contribution is 0.321. The van der Waals surface area contributed by atoms with Crippen molar-refractivity contribution in [3.63, 3.8) is 0 Å². The van der Waals surface area contributed by atoms with Crippen molar-refractivity contribution >= 4 is 0 Å². The SMILES string of the molecule is c1c[nH]c(C2(c3ccc(C4(c5ccc[nH]5)CCCCC4)[nH]3)CCCCC2)c1. The molecule has 0 radical (unpaired) electrons. The number of H-pyrrole nitrogens is 3. The normalized spacial score (nSPS) is 21.9. The smallest absolute Gasteiger partial charge is 0.0503 e. The molecule has 2 saturated carbocycles. The van der Waals surface area contributed by atoms with Crippen molar-refractivity contribution < 1.29 is 0 Å². The molecule has 3 heteroatoms. The molecule has 0 unspecified atom stereocenters. The summed E-state index contributed by atoms with van der Waals surface area (Å²) in [4.78, 5) is 11.1. The molecule has 3 aromatic heterocycles. The molecule has 0 amide bonds. The summed E-state index contributed by atoms with van der Waals surface area (Å²) in [6.45, 7) is 0. The van der Waals surface area contributed by atoms with Gasteiger partial charge in [-0.1, -0.05) is 38.5 Å². The van der Waals surface area contributed by atoms with Crippen LogP contribution in [0.3, 0.4) is 0 Å². The Morgan fingerprint density at radius 1 is 0.519 bits per heavy atom. The van der Waals surface area contributed by atoms with Gasteiger partial charge in [-0.05, 0) is 62.1 Å². The van der Waals surface area contributed by atoms with Gasteiger partial charge < -0.3 is 15.0 Å². The zero-order valence-electron chi connectivity index (χ0n) is 16.2. The highest BCUT2D eigenvalue weighted by Crippen LogP contribution is 2.47. The number of aromatic amines is 3. The lowest BCUT2D eigenvalue weighted by atomic mass is 9.69. The second-order valence-electron chi connectivity index (χ2n) is 8.74. The van der Waals surface area contributed by atoms with E-state index in [2.05, 4.69) is 63.7 Å². The van der Waals surface area contributed by atoms with Gasteiger partial charge in [0.05, 0.1) is 10.8 Å². The Morgan fingerprint density at radius 2 is 0.963 bits per heavy atom. The second kappa shape index (κ2) is 6.78. The molecule has 0 spiro atoms. The first-order chi connectivity index (χ1) is 13.3. The van der Waals surface area contributed by atoms with E-state index in [-0.39, 0.29) is 10.8 Å². The van der Waals surface area contributed by atoms with Gasteiger partial charge in [-0.15, -0.1) is 0 Å². The largest absolute Gasteiger partial charge is 0.364 e. The lowest BCUT2D eigenvalue weighted by Crippen LogP contribution is -2.33. The van der Waals surface area contributed by atoms with Crippen LogP contribution < -0.4 is 0 Å². The van der Waals surface area contributed by atoms with Gasteiger partial charge in [0, 0.05) is 35.2 Å². The molecule has 3 aromatic rings. The highest BCUT2D eigenvalue weighted by molar-refractivity contribution is 5.39. The lowest BCUT2D eigenvalue weighted by Gasteiger charge is -2.38. The molecule has 0 atom stereocenters. The van der Waals surface area contributed by atoms with Gasteiger partial charge >= 0.3 is 0 Å². The second-order valence-corrected chi connectivity index (χ2v) is 8.74. The van der Waals surface area contributed by atoms with E-state index in [1.54, 1.807) is 0 Å². The van der Waals surface area contributed by atoms with Crippen molar-refractivity contribution in [2.75, 3.05) is 0 Å². The molecule has 27 heavy (non-hydrogen) atoms. The quantitative estimate of drug-likeness (QED) is 0.497. The maximum Gasteiger partial charge on any atom is 0.0503 e. The molecule has 0 aromatic carbocycles. The molecule has 5 rings (SSSR count).